The molecule has 0 bridgehead atoms. The van der Waals surface area contributed by atoms with E-state index >= 15 is 0 Å². The minimum atomic E-state index is -0.171. The first-order chi connectivity index (χ1) is 9.08. The number of rotatable bonds is 5. The molecule has 0 radical (unpaired) electrons. The van der Waals surface area contributed by atoms with Crippen LogP contribution in [0.15, 0.2) is 36.5 Å². The van der Waals surface area contributed by atoms with Crippen molar-refractivity contribution in [2.75, 3.05) is 0 Å². The van der Waals surface area contributed by atoms with E-state index in [0.29, 0.717) is 18.2 Å². The van der Waals surface area contributed by atoms with Crippen LogP contribution in [-0.2, 0) is 6.54 Å². The van der Waals surface area contributed by atoms with Gasteiger partial charge in [-0.1, -0.05) is 18.2 Å². The average Bonchev–Trinajstić information content (AvgIpc) is 2.85. The van der Waals surface area contributed by atoms with E-state index in [2.05, 4.69) is 24.3 Å². The average molecular weight is 261 g/mol. The highest BCUT2D eigenvalue weighted by Gasteiger charge is 2.10. The smallest absolute Gasteiger partial charge is 0.127 e. The maximum Gasteiger partial charge on any atom is 0.127 e. The number of hydrogen-bond donors (Lipinski definition) is 1. The molecule has 3 nitrogen and oxygen atoms in total. The number of aromatic nitrogens is 2. The Balaban J connectivity index is 1.96. The molecule has 4 heteroatoms. The molecule has 2 rings (SSSR count). The molecule has 1 unspecified atom stereocenters. The van der Waals surface area contributed by atoms with Gasteiger partial charge in [-0.2, -0.15) is 5.10 Å². The van der Waals surface area contributed by atoms with Gasteiger partial charge in [0.25, 0.3) is 0 Å². The van der Waals surface area contributed by atoms with Gasteiger partial charge in [0.15, 0.2) is 0 Å². The van der Waals surface area contributed by atoms with Gasteiger partial charge in [0, 0.05) is 30.4 Å². The van der Waals surface area contributed by atoms with E-state index in [0.717, 1.165) is 5.69 Å². The molecule has 1 aromatic heterocycles. The van der Waals surface area contributed by atoms with Crippen molar-refractivity contribution >= 4 is 0 Å². The lowest BCUT2D eigenvalue weighted by molar-refractivity contribution is 0.502. The van der Waals surface area contributed by atoms with Crippen molar-refractivity contribution in [2.45, 2.75) is 39.4 Å². The van der Waals surface area contributed by atoms with Gasteiger partial charge < -0.3 is 5.32 Å². The third-order valence-corrected chi connectivity index (χ3v) is 3.15. The number of halogens is 1. The minimum absolute atomic E-state index is 0.0367. The van der Waals surface area contributed by atoms with E-state index in [4.69, 9.17) is 0 Å². The molecular formula is C15H20FN3. The van der Waals surface area contributed by atoms with Crippen molar-refractivity contribution in [3.63, 3.8) is 0 Å². The van der Waals surface area contributed by atoms with Gasteiger partial charge in [0.2, 0.25) is 0 Å². The molecule has 0 fully saturated rings. The molecule has 0 saturated carbocycles. The SMILES string of the molecule is CC(NCc1ccn(C(C)C)n1)c1ccccc1F. The van der Waals surface area contributed by atoms with Gasteiger partial charge in [-0.3, -0.25) is 4.68 Å². The predicted molar refractivity (Wildman–Crippen MR) is 74.3 cm³/mol. The molecule has 102 valence electrons. The highest BCUT2D eigenvalue weighted by Crippen LogP contribution is 2.16. The van der Waals surface area contributed by atoms with E-state index in [1.807, 2.05) is 29.9 Å². The Morgan fingerprint density at radius 2 is 1.95 bits per heavy atom. The zero-order valence-electron chi connectivity index (χ0n) is 11.6. The quantitative estimate of drug-likeness (QED) is 0.893. The summed E-state index contributed by atoms with van der Waals surface area (Å²) in [6.07, 6.45) is 1.97. The summed E-state index contributed by atoms with van der Waals surface area (Å²) in [4.78, 5) is 0. The van der Waals surface area contributed by atoms with Crippen LogP contribution in [0.5, 0.6) is 0 Å². The molecular weight excluding hydrogens is 241 g/mol. The summed E-state index contributed by atoms with van der Waals surface area (Å²) < 4.78 is 15.5. The zero-order valence-corrected chi connectivity index (χ0v) is 11.6. The highest BCUT2D eigenvalue weighted by atomic mass is 19.1. The maximum absolute atomic E-state index is 13.6. The van der Waals surface area contributed by atoms with Crippen molar-refractivity contribution in [1.29, 1.82) is 0 Å². The Bertz CT molecular complexity index is 534. The van der Waals surface area contributed by atoms with Crippen molar-refractivity contribution in [1.82, 2.24) is 15.1 Å². The van der Waals surface area contributed by atoms with Gasteiger partial charge in [0.05, 0.1) is 5.69 Å². The van der Waals surface area contributed by atoms with Gasteiger partial charge >= 0.3 is 0 Å². The second-order valence-electron chi connectivity index (χ2n) is 5.00. The monoisotopic (exact) mass is 261 g/mol. The Morgan fingerprint density at radius 1 is 1.21 bits per heavy atom. The first-order valence-electron chi connectivity index (χ1n) is 6.59. The summed E-state index contributed by atoms with van der Waals surface area (Å²) in [6.45, 7) is 6.77. The predicted octanol–water partition coefficient (Wildman–Crippen LogP) is 3.45. The molecule has 0 spiro atoms. The van der Waals surface area contributed by atoms with Crippen LogP contribution in [0.4, 0.5) is 4.39 Å². The molecule has 0 saturated heterocycles. The molecule has 19 heavy (non-hydrogen) atoms. The number of nitrogens with one attached hydrogen (secondary N) is 1. The summed E-state index contributed by atoms with van der Waals surface area (Å²) in [5.41, 5.74) is 1.66. The standard InChI is InChI=1S/C15H20FN3/c1-11(2)19-9-8-13(18-19)10-17-12(3)14-6-4-5-7-15(14)16/h4-9,11-12,17H,10H2,1-3H3. The largest absolute Gasteiger partial charge is 0.304 e. The van der Waals surface area contributed by atoms with Gasteiger partial charge in [-0.25, -0.2) is 4.39 Å². The minimum Gasteiger partial charge on any atom is -0.304 e. The van der Waals surface area contributed by atoms with Crippen LogP contribution >= 0.6 is 0 Å². The molecule has 0 aliphatic carbocycles. The van der Waals surface area contributed by atoms with Crippen LogP contribution in [0.1, 0.15) is 44.1 Å². The molecule has 1 aromatic carbocycles. The highest BCUT2D eigenvalue weighted by molar-refractivity contribution is 5.20. The summed E-state index contributed by atoms with van der Waals surface area (Å²) >= 11 is 0. The Morgan fingerprint density at radius 3 is 2.58 bits per heavy atom. The fourth-order valence-corrected chi connectivity index (χ4v) is 1.95. The third-order valence-electron chi connectivity index (χ3n) is 3.15. The van der Waals surface area contributed by atoms with Crippen LogP contribution in [-0.4, -0.2) is 9.78 Å². The number of nitrogens with zero attached hydrogens (tertiary/aromatic N) is 2. The first kappa shape index (κ1) is 13.7. The van der Waals surface area contributed by atoms with E-state index in [-0.39, 0.29) is 11.9 Å². The molecule has 0 aliphatic rings. The fourth-order valence-electron chi connectivity index (χ4n) is 1.95. The summed E-state index contributed by atoms with van der Waals surface area (Å²) in [5.74, 6) is -0.171. The van der Waals surface area contributed by atoms with Crippen LogP contribution in [0.2, 0.25) is 0 Å². The van der Waals surface area contributed by atoms with Crippen molar-refractivity contribution in [3.8, 4) is 0 Å². The van der Waals surface area contributed by atoms with Crippen LogP contribution in [0, 0.1) is 5.82 Å². The van der Waals surface area contributed by atoms with Gasteiger partial charge in [-0.05, 0) is 32.9 Å². The molecule has 2 aromatic rings. The molecule has 1 atom stereocenters. The van der Waals surface area contributed by atoms with Crippen molar-refractivity contribution in [3.05, 3.63) is 53.6 Å². The molecule has 1 N–H and O–H groups in total. The van der Waals surface area contributed by atoms with Crippen molar-refractivity contribution in [2.24, 2.45) is 0 Å². The van der Waals surface area contributed by atoms with Crippen LogP contribution < -0.4 is 5.32 Å². The second-order valence-corrected chi connectivity index (χ2v) is 5.00. The first-order valence-corrected chi connectivity index (χ1v) is 6.59. The normalized spacial score (nSPS) is 12.9. The Kier molecular flexibility index (Phi) is 4.32. The maximum atomic E-state index is 13.6. The molecule has 0 aliphatic heterocycles. The number of benzene rings is 1. The van der Waals surface area contributed by atoms with E-state index in [9.17, 15) is 4.39 Å². The summed E-state index contributed by atoms with van der Waals surface area (Å²) in [7, 11) is 0. The van der Waals surface area contributed by atoms with Gasteiger partial charge in [-0.15, -0.1) is 0 Å². The fraction of sp³-hybridized carbons (Fsp3) is 0.400. The van der Waals surface area contributed by atoms with Crippen molar-refractivity contribution < 1.29 is 4.39 Å². The summed E-state index contributed by atoms with van der Waals surface area (Å²) in [5, 5.41) is 7.75. The van der Waals surface area contributed by atoms with E-state index in [1.54, 1.807) is 12.1 Å². The topological polar surface area (TPSA) is 29.9 Å². The molecule has 1 heterocycles. The Hall–Kier alpha value is -1.68. The van der Waals surface area contributed by atoms with E-state index in [1.165, 1.54) is 6.07 Å². The second kappa shape index (κ2) is 5.97. The van der Waals surface area contributed by atoms with Crippen LogP contribution in [0.3, 0.4) is 0 Å². The lowest BCUT2D eigenvalue weighted by Crippen LogP contribution is -2.19. The summed E-state index contributed by atoms with van der Waals surface area (Å²) in [6, 6.07) is 9.16. The Labute approximate surface area is 113 Å². The van der Waals surface area contributed by atoms with Crippen LogP contribution in [0.25, 0.3) is 0 Å². The zero-order chi connectivity index (χ0) is 13.8. The number of hydrogen-bond acceptors (Lipinski definition) is 2. The lowest BCUT2D eigenvalue weighted by Gasteiger charge is -2.14. The molecule has 0 amide bonds. The van der Waals surface area contributed by atoms with E-state index < -0.39 is 0 Å². The lowest BCUT2D eigenvalue weighted by atomic mass is 10.1. The van der Waals surface area contributed by atoms with Gasteiger partial charge in [0.1, 0.15) is 5.82 Å². The third kappa shape index (κ3) is 3.41.